The SMILES string of the molecule is O=C1CC2=CC=CCC2=N1. The number of carbonyl (C=O) groups is 1. The lowest BCUT2D eigenvalue weighted by Crippen LogP contribution is -1.97. The standard InChI is InChI=1S/C8H7NO/c10-8-5-6-3-1-2-4-7(6)9-8/h1-3H,4-5H2. The molecule has 2 aliphatic rings. The van der Waals surface area contributed by atoms with Crippen LogP contribution in [0.4, 0.5) is 0 Å². The lowest BCUT2D eigenvalue weighted by atomic mass is 10.0. The van der Waals surface area contributed by atoms with Crippen LogP contribution < -0.4 is 0 Å². The summed E-state index contributed by atoms with van der Waals surface area (Å²) in [4.78, 5) is 14.6. The first-order chi connectivity index (χ1) is 4.86. The van der Waals surface area contributed by atoms with Crippen molar-refractivity contribution < 1.29 is 4.79 Å². The van der Waals surface area contributed by atoms with Crippen LogP contribution in [0, 0.1) is 0 Å². The third-order valence-electron chi connectivity index (χ3n) is 1.72. The van der Waals surface area contributed by atoms with Gasteiger partial charge in [-0.1, -0.05) is 18.2 Å². The van der Waals surface area contributed by atoms with Gasteiger partial charge in [0.1, 0.15) is 0 Å². The van der Waals surface area contributed by atoms with Crippen molar-refractivity contribution in [3.63, 3.8) is 0 Å². The lowest BCUT2D eigenvalue weighted by Gasteiger charge is -2.00. The molecule has 0 atom stereocenters. The Bertz CT molecular complexity index is 271. The number of carbonyl (C=O) groups excluding carboxylic acids is 1. The molecule has 10 heavy (non-hydrogen) atoms. The highest BCUT2D eigenvalue weighted by atomic mass is 16.1. The van der Waals surface area contributed by atoms with Crippen molar-refractivity contribution in [2.24, 2.45) is 4.99 Å². The van der Waals surface area contributed by atoms with Crippen LogP contribution in [0.5, 0.6) is 0 Å². The van der Waals surface area contributed by atoms with Gasteiger partial charge in [-0.05, 0) is 5.57 Å². The molecule has 0 bridgehead atoms. The highest BCUT2D eigenvalue weighted by Crippen LogP contribution is 2.19. The van der Waals surface area contributed by atoms with Crippen molar-refractivity contribution in [2.75, 3.05) is 0 Å². The van der Waals surface area contributed by atoms with E-state index < -0.39 is 0 Å². The van der Waals surface area contributed by atoms with E-state index in [0.717, 1.165) is 17.7 Å². The van der Waals surface area contributed by atoms with Gasteiger partial charge >= 0.3 is 0 Å². The minimum absolute atomic E-state index is 0.00458. The van der Waals surface area contributed by atoms with Gasteiger partial charge in [0.25, 0.3) is 0 Å². The zero-order valence-electron chi connectivity index (χ0n) is 5.50. The van der Waals surface area contributed by atoms with Crippen LogP contribution in [0.2, 0.25) is 0 Å². The highest BCUT2D eigenvalue weighted by Gasteiger charge is 2.19. The van der Waals surface area contributed by atoms with E-state index in [2.05, 4.69) is 4.99 Å². The molecular weight excluding hydrogens is 126 g/mol. The van der Waals surface area contributed by atoms with E-state index in [1.807, 2.05) is 18.2 Å². The molecule has 1 aliphatic heterocycles. The average Bonchev–Trinajstić information content (AvgIpc) is 2.27. The van der Waals surface area contributed by atoms with Gasteiger partial charge in [-0.3, -0.25) is 4.79 Å². The number of amides is 1. The van der Waals surface area contributed by atoms with Crippen molar-refractivity contribution in [1.29, 1.82) is 0 Å². The Labute approximate surface area is 59.0 Å². The van der Waals surface area contributed by atoms with Gasteiger partial charge in [0.15, 0.2) is 0 Å². The van der Waals surface area contributed by atoms with Crippen molar-refractivity contribution in [3.05, 3.63) is 23.8 Å². The number of hydrogen-bond donors (Lipinski definition) is 0. The number of nitrogens with zero attached hydrogens (tertiary/aromatic N) is 1. The van der Waals surface area contributed by atoms with Crippen LogP contribution in [-0.2, 0) is 4.79 Å². The summed E-state index contributed by atoms with van der Waals surface area (Å²) in [5.74, 6) is 0.00458. The van der Waals surface area contributed by atoms with Gasteiger partial charge in [-0.15, -0.1) is 0 Å². The predicted molar refractivity (Wildman–Crippen MR) is 38.9 cm³/mol. The third kappa shape index (κ3) is 0.727. The third-order valence-corrected chi connectivity index (χ3v) is 1.72. The van der Waals surface area contributed by atoms with Crippen molar-refractivity contribution >= 4 is 11.6 Å². The van der Waals surface area contributed by atoms with E-state index >= 15 is 0 Å². The van der Waals surface area contributed by atoms with E-state index in [9.17, 15) is 4.79 Å². The van der Waals surface area contributed by atoms with Gasteiger partial charge in [0, 0.05) is 6.42 Å². The molecule has 0 aromatic heterocycles. The Balaban J connectivity index is 2.41. The Hall–Kier alpha value is -1.18. The number of rotatable bonds is 0. The second-order valence-electron chi connectivity index (χ2n) is 2.45. The Morgan fingerprint density at radius 2 is 2.40 bits per heavy atom. The molecule has 0 unspecified atom stereocenters. The van der Waals surface area contributed by atoms with Crippen LogP contribution in [0.25, 0.3) is 0 Å². The average molecular weight is 133 g/mol. The number of allylic oxidation sites excluding steroid dienone is 3. The normalized spacial score (nSPS) is 22.2. The molecule has 1 aliphatic carbocycles. The monoisotopic (exact) mass is 133 g/mol. The Kier molecular flexibility index (Phi) is 1.07. The molecule has 0 spiro atoms. The summed E-state index contributed by atoms with van der Waals surface area (Å²) < 4.78 is 0. The van der Waals surface area contributed by atoms with Gasteiger partial charge in [-0.25, -0.2) is 4.99 Å². The van der Waals surface area contributed by atoms with Crippen LogP contribution in [-0.4, -0.2) is 11.6 Å². The molecule has 0 saturated heterocycles. The molecule has 2 heteroatoms. The zero-order valence-corrected chi connectivity index (χ0v) is 5.50. The predicted octanol–water partition coefficient (Wildman–Crippen LogP) is 1.24. The fourth-order valence-electron chi connectivity index (χ4n) is 1.22. The molecule has 0 radical (unpaired) electrons. The molecule has 0 N–H and O–H groups in total. The topological polar surface area (TPSA) is 29.4 Å². The first-order valence-corrected chi connectivity index (χ1v) is 3.33. The molecule has 2 rings (SSSR count). The molecule has 0 fully saturated rings. The maximum absolute atomic E-state index is 10.8. The summed E-state index contributed by atoms with van der Waals surface area (Å²) >= 11 is 0. The molecule has 1 amide bonds. The number of hydrogen-bond acceptors (Lipinski definition) is 1. The van der Waals surface area contributed by atoms with E-state index in [0.29, 0.717) is 6.42 Å². The van der Waals surface area contributed by atoms with Crippen molar-refractivity contribution in [3.8, 4) is 0 Å². The molecular formula is C8H7NO. The van der Waals surface area contributed by atoms with Crippen LogP contribution in [0.3, 0.4) is 0 Å². The lowest BCUT2D eigenvalue weighted by molar-refractivity contribution is -0.116. The van der Waals surface area contributed by atoms with Gasteiger partial charge in [0.05, 0.1) is 12.1 Å². The number of fused-ring (bicyclic) bond motifs is 1. The zero-order chi connectivity index (χ0) is 6.97. The number of aliphatic imine (C=N–C) groups is 1. The maximum Gasteiger partial charge on any atom is 0.250 e. The quantitative estimate of drug-likeness (QED) is 0.489. The summed E-state index contributed by atoms with van der Waals surface area (Å²) in [5.41, 5.74) is 2.07. The first-order valence-electron chi connectivity index (χ1n) is 3.33. The highest BCUT2D eigenvalue weighted by molar-refractivity contribution is 6.15. The fraction of sp³-hybridized carbons (Fsp3) is 0.250. The van der Waals surface area contributed by atoms with Crippen molar-refractivity contribution in [2.45, 2.75) is 12.8 Å². The molecule has 0 saturated carbocycles. The van der Waals surface area contributed by atoms with E-state index in [4.69, 9.17) is 0 Å². The molecule has 0 aromatic carbocycles. The van der Waals surface area contributed by atoms with E-state index in [1.165, 1.54) is 0 Å². The first kappa shape index (κ1) is 5.59. The van der Waals surface area contributed by atoms with E-state index in [-0.39, 0.29) is 5.91 Å². The molecule has 1 heterocycles. The fourth-order valence-corrected chi connectivity index (χ4v) is 1.22. The minimum atomic E-state index is 0.00458. The molecule has 0 aromatic rings. The molecule has 50 valence electrons. The smallest absolute Gasteiger partial charge is 0.250 e. The largest absolute Gasteiger partial charge is 0.272 e. The van der Waals surface area contributed by atoms with Gasteiger partial charge < -0.3 is 0 Å². The van der Waals surface area contributed by atoms with Gasteiger partial charge in [0.2, 0.25) is 5.91 Å². The Morgan fingerprint density at radius 1 is 1.50 bits per heavy atom. The minimum Gasteiger partial charge on any atom is -0.272 e. The summed E-state index contributed by atoms with van der Waals surface area (Å²) in [7, 11) is 0. The van der Waals surface area contributed by atoms with Crippen molar-refractivity contribution in [1.82, 2.24) is 0 Å². The second-order valence-corrected chi connectivity index (χ2v) is 2.45. The van der Waals surface area contributed by atoms with E-state index in [1.54, 1.807) is 0 Å². The van der Waals surface area contributed by atoms with Gasteiger partial charge in [-0.2, -0.15) is 0 Å². The Morgan fingerprint density at radius 3 is 3.20 bits per heavy atom. The second kappa shape index (κ2) is 1.90. The summed E-state index contributed by atoms with van der Waals surface area (Å²) in [6.07, 6.45) is 7.30. The molecule has 2 nitrogen and oxygen atoms in total. The van der Waals surface area contributed by atoms with Crippen LogP contribution in [0.1, 0.15) is 12.8 Å². The summed E-state index contributed by atoms with van der Waals surface area (Å²) in [6, 6.07) is 0. The van der Waals surface area contributed by atoms with Crippen LogP contribution >= 0.6 is 0 Å². The van der Waals surface area contributed by atoms with Crippen LogP contribution in [0.15, 0.2) is 28.8 Å². The summed E-state index contributed by atoms with van der Waals surface area (Å²) in [6.45, 7) is 0. The summed E-state index contributed by atoms with van der Waals surface area (Å²) in [5, 5.41) is 0. The maximum atomic E-state index is 10.8.